The van der Waals surface area contributed by atoms with Crippen LogP contribution in [0.15, 0.2) is 5.51 Å². The van der Waals surface area contributed by atoms with E-state index in [1.807, 2.05) is 5.51 Å². The molecule has 16 heavy (non-hydrogen) atoms. The zero-order valence-electron chi connectivity index (χ0n) is 10.5. The van der Waals surface area contributed by atoms with Gasteiger partial charge in [-0.15, -0.1) is 11.3 Å². The Balaban J connectivity index is 1.92. The topological polar surface area (TPSA) is 24.9 Å². The first-order chi connectivity index (χ1) is 7.59. The van der Waals surface area contributed by atoms with E-state index >= 15 is 0 Å². The largest absolute Gasteiger partial charge is 0.309 e. The highest BCUT2D eigenvalue weighted by Gasteiger charge is 2.31. The predicted octanol–water partition coefficient (Wildman–Crippen LogP) is 3.51. The van der Waals surface area contributed by atoms with Crippen molar-refractivity contribution in [3.63, 3.8) is 0 Å². The Morgan fingerprint density at radius 3 is 2.94 bits per heavy atom. The van der Waals surface area contributed by atoms with Crippen molar-refractivity contribution in [3.8, 4) is 0 Å². The number of nitrogens with zero attached hydrogens (tertiary/aromatic N) is 1. The quantitative estimate of drug-likeness (QED) is 0.871. The average Bonchev–Trinajstić information content (AvgIpc) is 2.62. The molecule has 0 aliphatic heterocycles. The second kappa shape index (κ2) is 4.84. The zero-order chi connectivity index (χ0) is 11.6. The Morgan fingerprint density at radius 1 is 1.50 bits per heavy atom. The number of aryl methyl sites for hydroxylation is 1. The number of nitrogens with one attached hydrogen (secondary N) is 1. The molecule has 2 rings (SSSR count). The van der Waals surface area contributed by atoms with E-state index < -0.39 is 0 Å². The van der Waals surface area contributed by atoms with Crippen LogP contribution in [0.4, 0.5) is 0 Å². The van der Waals surface area contributed by atoms with Crippen LogP contribution in [-0.4, -0.2) is 11.0 Å². The summed E-state index contributed by atoms with van der Waals surface area (Å²) in [6, 6.07) is 0.669. The predicted molar refractivity (Wildman–Crippen MR) is 69.7 cm³/mol. The van der Waals surface area contributed by atoms with Gasteiger partial charge in [0.1, 0.15) is 0 Å². The Morgan fingerprint density at radius 2 is 2.31 bits per heavy atom. The molecule has 3 heteroatoms. The van der Waals surface area contributed by atoms with Gasteiger partial charge in [-0.1, -0.05) is 26.7 Å². The first-order valence-corrected chi connectivity index (χ1v) is 7.10. The molecule has 1 saturated carbocycles. The summed E-state index contributed by atoms with van der Waals surface area (Å²) in [5.74, 6) is 0. The first-order valence-electron chi connectivity index (χ1n) is 6.22. The third kappa shape index (κ3) is 2.64. The lowest BCUT2D eigenvalue weighted by molar-refractivity contribution is 0.167. The second-order valence-electron chi connectivity index (χ2n) is 5.53. The molecule has 1 heterocycles. The summed E-state index contributed by atoms with van der Waals surface area (Å²) in [4.78, 5) is 5.69. The number of hydrogen-bond acceptors (Lipinski definition) is 3. The maximum absolute atomic E-state index is 4.30. The number of rotatable bonds is 3. The maximum atomic E-state index is 4.30. The minimum atomic E-state index is 0.455. The van der Waals surface area contributed by atoms with Crippen LogP contribution < -0.4 is 5.32 Å². The van der Waals surface area contributed by atoms with Gasteiger partial charge in [0.2, 0.25) is 0 Å². The number of aromatic nitrogens is 1. The molecule has 1 N–H and O–H groups in total. The molecule has 0 bridgehead atoms. The Bertz CT molecular complexity index is 343. The molecule has 0 saturated heterocycles. The fraction of sp³-hybridized carbons (Fsp3) is 0.769. The van der Waals surface area contributed by atoms with Crippen molar-refractivity contribution < 1.29 is 0 Å². The van der Waals surface area contributed by atoms with E-state index in [4.69, 9.17) is 0 Å². The maximum Gasteiger partial charge on any atom is 0.0798 e. The minimum absolute atomic E-state index is 0.455. The van der Waals surface area contributed by atoms with Crippen molar-refractivity contribution in [3.05, 3.63) is 16.1 Å². The van der Waals surface area contributed by atoms with Crippen molar-refractivity contribution in [2.75, 3.05) is 0 Å². The van der Waals surface area contributed by atoms with Gasteiger partial charge in [0, 0.05) is 17.5 Å². The van der Waals surface area contributed by atoms with Gasteiger partial charge in [-0.05, 0) is 25.2 Å². The Kier molecular flexibility index (Phi) is 3.65. The van der Waals surface area contributed by atoms with Gasteiger partial charge in [-0.2, -0.15) is 0 Å². The molecule has 1 atom stereocenters. The van der Waals surface area contributed by atoms with Crippen molar-refractivity contribution in [1.29, 1.82) is 0 Å². The Labute approximate surface area is 102 Å². The molecule has 0 amide bonds. The summed E-state index contributed by atoms with van der Waals surface area (Å²) in [5, 5.41) is 3.73. The molecule has 1 aromatic rings. The molecular weight excluding hydrogens is 216 g/mol. The van der Waals surface area contributed by atoms with Crippen LogP contribution in [-0.2, 0) is 6.54 Å². The van der Waals surface area contributed by atoms with Crippen LogP contribution in [0.5, 0.6) is 0 Å². The van der Waals surface area contributed by atoms with Crippen LogP contribution in [0.1, 0.15) is 50.1 Å². The monoisotopic (exact) mass is 238 g/mol. The van der Waals surface area contributed by atoms with Crippen molar-refractivity contribution in [1.82, 2.24) is 10.3 Å². The summed E-state index contributed by atoms with van der Waals surface area (Å²) in [6.07, 6.45) is 5.45. The van der Waals surface area contributed by atoms with Crippen LogP contribution in [0.2, 0.25) is 0 Å². The average molecular weight is 238 g/mol. The van der Waals surface area contributed by atoms with Crippen molar-refractivity contribution in [2.24, 2.45) is 5.41 Å². The van der Waals surface area contributed by atoms with E-state index in [1.54, 1.807) is 11.3 Å². The van der Waals surface area contributed by atoms with Crippen LogP contribution in [0.25, 0.3) is 0 Å². The molecule has 0 radical (unpaired) electrons. The number of hydrogen-bond donors (Lipinski definition) is 1. The van der Waals surface area contributed by atoms with E-state index in [9.17, 15) is 0 Å². The molecule has 1 aliphatic rings. The van der Waals surface area contributed by atoms with Crippen LogP contribution in [0, 0.1) is 12.3 Å². The highest BCUT2D eigenvalue weighted by molar-refractivity contribution is 7.09. The molecule has 90 valence electrons. The molecule has 2 nitrogen and oxygen atoms in total. The van der Waals surface area contributed by atoms with Gasteiger partial charge in [-0.3, -0.25) is 0 Å². The van der Waals surface area contributed by atoms with E-state index in [0.717, 1.165) is 6.54 Å². The highest BCUT2D eigenvalue weighted by Crippen LogP contribution is 2.35. The second-order valence-corrected chi connectivity index (χ2v) is 6.47. The summed E-state index contributed by atoms with van der Waals surface area (Å²) < 4.78 is 0. The lowest BCUT2D eigenvalue weighted by Crippen LogP contribution is -2.43. The standard InChI is InChI=1S/C13H22N2S/c1-10-11(16-9-15-10)8-14-12-6-4-5-7-13(12,2)3/h9,12,14H,4-8H2,1-3H3. The molecule has 0 spiro atoms. The minimum Gasteiger partial charge on any atom is -0.309 e. The summed E-state index contributed by atoms with van der Waals surface area (Å²) in [5.41, 5.74) is 3.58. The highest BCUT2D eigenvalue weighted by atomic mass is 32.1. The van der Waals surface area contributed by atoms with Gasteiger partial charge in [-0.25, -0.2) is 4.98 Å². The molecule has 0 aromatic carbocycles. The Hall–Kier alpha value is -0.410. The molecule has 1 aromatic heterocycles. The molecule has 1 unspecified atom stereocenters. The van der Waals surface area contributed by atoms with Gasteiger partial charge < -0.3 is 5.32 Å². The molecule has 1 fully saturated rings. The van der Waals surface area contributed by atoms with E-state index in [1.165, 1.54) is 36.3 Å². The summed E-state index contributed by atoms with van der Waals surface area (Å²) >= 11 is 1.76. The van der Waals surface area contributed by atoms with E-state index in [-0.39, 0.29) is 0 Å². The molecular formula is C13H22N2S. The van der Waals surface area contributed by atoms with Gasteiger partial charge in [0.15, 0.2) is 0 Å². The van der Waals surface area contributed by atoms with Crippen molar-refractivity contribution in [2.45, 2.75) is 59.0 Å². The van der Waals surface area contributed by atoms with Gasteiger partial charge in [0.05, 0.1) is 11.2 Å². The zero-order valence-corrected chi connectivity index (χ0v) is 11.4. The van der Waals surface area contributed by atoms with Crippen LogP contribution in [0.3, 0.4) is 0 Å². The molecule has 1 aliphatic carbocycles. The van der Waals surface area contributed by atoms with Gasteiger partial charge >= 0.3 is 0 Å². The normalized spacial score (nSPS) is 24.6. The summed E-state index contributed by atoms with van der Waals surface area (Å²) in [7, 11) is 0. The smallest absolute Gasteiger partial charge is 0.0798 e. The van der Waals surface area contributed by atoms with E-state index in [2.05, 4.69) is 31.1 Å². The lowest BCUT2D eigenvalue weighted by Gasteiger charge is -2.39. The fourth-order valence-electron chi connectivity index (χ4n) is 2.58. The third-order valence-electron chi connectivity index (χ3n) is 3.86. The third-order valence-corrected chi connectivity index (χ3v) is 4.80. The summed E-state index contributed by atoms with van der Waals surface area (Å²) in [6.45, 7) is 7.87. The fourth-order valence-corrected chi connectivity index (χ4v) is 3.31. The lowest BCUT2D eigenvalue weighted by atomic mass is 9.73. The van der Waals surface area contributed by atoms with E-state index in [0.29, 0.717) is 11.5 Å². The van der Waals surface area contributed by atoms with Crippen molar-refractivity contribution >= 4 is 11.3 Å². The number of thiazole rings is 1. The SMILES string of the molecule is Cc1ncsc1CNC1CCCCC1(C)C. The van der Waals surface area contributed by atoms with Gasteiger partial charge in [0.25, 0.3) is 0 Å². The van der Waals surface area contributed by atoms with Crippen LogP contribution >= 0.6 is 11.3 Å². The first kappa shape index (κ1) is 12.1.